The van der Waals surface area contributed by atoms with Gasteiger partial charge >= 0.3 is 6.36 Å². The second-order valence-corrected chi connectivity index (χ2v) is 6.69. The van der Waals surface area contributed by atoms with E-state index >= 15 is 0 Å². The molecule has 3 rings (SSSR count). The fraction of sp³-hybridized carbons (Fsp3) is 0.588. The van der Waals surface area contributed by atoms with Gasteiger partial charge in [-0.3, -0.25) is 9.69 Å². The van der Waals surface area contributed by atoms with Crippen molar-refractivity contribution in [2.75, 3.05) is 19.6 Å². The molecule has 0 saturated carbocycles. The number of benzene rings is 1. The Labute approximate surface area is 143 Å². The summed E-state index contributed by atoms with van der Waals surface area (Å²) >= 11 is 0. The molecule has 0 unspecified atom stereocenters. The maximum absolute atomic E-state index is 12.6. The molecule has 1 aromatic rings. The number of ether oxygens (including phenoxy) is 1. The zero-order valence-corrected chi connectivity index (χ0v) is 13.7. The Bertz CT molecular complexity index is 638. The lowest BCUT2D eigenvalue weighted by Crippen LogP contribution is -2.61. The van der Waals surface area contributed by atoms with Crippen molar-refractivity contribution in [1.82, 2.24) is 10.2 Å². The molecule has 2 heterocycles. The van der Waals surface area contributed by atoms with E-state index in [0.717, 1.165) is 6.42 Å². The van der Waals surface area contributed by atoms with Gasteiger partial charge in [-0.1, -0.05) is 18.2 Å². The van der Waals surface area contributed by atoms with Crippen molar-refractivity contribution >= 4 is 5.91 Å². The van der Waals surface area contributed by atoms with Gasteiger partial charge < -0.3 is 15.2 Å². The largest absolute Gasteiger partial charge is 0.573 e. The first-order chi connectivity index (χ1) is 11.8. The molecule has 5 nitrogen and oxygen atoms in total. The number of para-hydroxylation sites is 1. The molecule has 1 aromatic carbocycles. The third-order valence-electron chi connectivity index (χ3n) is 4.99. The Morgan fingerprint density at radius 1 is 1.36 bits per heavy atom. The van der Waals surface area contributed by atoms with E-state index in [0.29, 0.717) is 38.0 Å². The number of carbonyl (C=O) groups is 1. The number of aliphatic hydroxyl groups excluding tert-OH is 1. The minimum Gasteiger partial charge on any atom is -0.405 e. The molecule has 2 aliphatic rings. The number of hydrogen-bond donors (Lipinski definition) is 2. The van der Waals surface area contributed by atoms with E-state index in [9.17, 15) is 23.1 Å². The molecule has 8 heteroatoms. The molecule has 1 amide bonds. The number of nitrogens with zero attached hydrogens (tertiary/aromatic N) is 1. The fourth-order valence-corrected chi connectivity index (χ4v) is 3.76. The van der Waals surface area contributed by atoms with E-state index in [2.05, 4.69) is 10.1 Å². The quantitative estimate of drug-likeness (QED) is 0.868. The van der Waals surface area contributed by atoms with Gasteiger partial charge in [0.05, 0.1) is 11.5 Å². The highest BCUT2D eigenvalue weighted by Gasteiger charge is 2.49. The van der Waals surface area contributed by atoms with Gasteiger partial charge in [-0.25, -0.2) is 0 Å². The number of amides is 1. The van der Waals surface area contributed by atoms with Crippen LogP contribution in [0.4, 0.5) is 13.2 Å². The van der Waals surface area contributed by atoms with Crippen LogP contribution >= 0.6 is 0 Å². The second kappa shape index (κ2) is 6.84. The average Bonchev–Trinajstić information content (AvgIpc) is 2.54. The van der Waals surface area contributed by atoms with Crippen molar-refractivity contribution in [2.24, 2.45) is 5.41 Å². The van der Waals surface area contributed by atoms with Crippen molar-refractivity contribution in [3.63, 3.8) is 0 Å². The zero-order chi connectivity index (χ0) is 18.1. The van der Waals surface area contributed by atoms with Gasteiger partial charge in [-0.05, 0) is 25.3 Å². The summed E-state index contributed by atoms with van der Waals surface area (Å²) in [5, 5.41) is 13.2. The molecule has 0 bridgehead atoms. The number of nitrogens with one attached hydrogen (secondary N) is 1. The molecule has 0 aromatic heterocycles. The van der Waals surface area contributed by atoms with E-state index in [1.54, 1.807) is 12.1 Å². The van der Waals surface area contributed by atoms with Crippen LogP contribution in [0, 0.1) is 5.41 Å². The van der Waals surface area contributed by atoms with E-state index < -0.39 is 17.9 Å². The van der Waals surface area contributed by atoms with Gasteiger partial charge in [0.2, 0.25) is 5.91 Å². The van der Waals surface area contributed by atoms with Crippen molar-refractivity contribution in [3.05, 3.63) is 29.8 Å². The van der Waals surface area contributed by atoms with Crippen molar-refractivity contribution in [2.45, 2.75) is 38.3 Å². The lowest BCUT2D eigenvalue weighted by Gasteiger charge is -2.47. The fourth-order valence-electron chi connectivity index (χ4n) is 3.76. The summed E-state index contributed by atoms with van der Waals surface area (Å²) in [4.78, 5) is 14.3. The molecule has 2 fully saturated rings. The monoisotopic (exact) mass is 358 g/mol. The molecule has 2 atom stereocenters. The third-order valence-corrected chi connectivity index (χ3v) is 4.99. The van der Waals surface area contributed by atoms with Crippen LogP contribution in [-0.4, -0.2) is 48.0 Å². The molecule has 2 N–H and O–H groups in total. The van der Waals surface area contributed by atoms with Crippen LogP contribution in [0.25, 0.3) is 0 Å². The molecular weight excluding hydrogens is 337 g/mol. The van der Waals surface area contributed by atoms with Gasteiger partial charge in [0.1, 0.15) is 5.75 Å². The Balaban J connectivity index is 1.77. The van der Waals surface area contributed by atoms with Crippen LogP contribution in [-0.2, 0) is 11.3 Å². The molecule has 2 aliphatic heterocycles. The Kier molecular flexibility index (Phi) is 4.92. The third kappa shape index (κ3) is 3.90. The highest BCUT2D eigenvalue weighted by molar-refractivity contribution is 5.84. The van der Waals surface area contributed by atoms with Crippen LogP contribution in [0.15, 0.2) is 24.3 Å². The average molecular weight is 358 g/mol. The zero-order valence-electron chi connectivity index (χ0n) is 13.7. The summed E-state index contributed by atoms with van der Waals surface area (Å²) in [5.74, 6) is -0.404. The first-order valence-corrected chi connectivity index (χ1v) is 8.32. The smallest absolute Gasteiger partial charge is 0.405 e. The Morgan fingerprint density at radius 3 is 2.84 bits per heavy atom. The molecule has 138 valence electrons. The summed E-state index contributed by atoms with van der Waals surface area (Å²) in [6.07, 6.45) is -3.71. The van der Waals surface area contributed by atoms with Crippen molar-refractivity contribution in [1.29, 1.82) is 0 Å². The summed E-state index contributed by atoms with van der Waals surface area (Å²) in [6.45, 7) is 1.65. The van der Waals surface area contributed by atoms with E-state index in [4.69, 9.17) is 0 Å². The summed E-state index contributed by atoms with van der Waals surface area (Å²) in [6, 6.07) is 6.01. The molecule has 2 saturated heterocycles. The van der Waals surface area contributed by atoms with Crippen molar-refractivity contribution in [3.8, 4) is 5.75 Å². The van der Waals surface area contributed by atoms with Crippen molar-refractivity contribution < 1.29 is 27.8 Å². The minimum atomic E-state index is -4.75. The van der Waals surface area contributed by atoms with E-state index in [1.807, 2.05) is 4.90 Å². The topological polar surface area (TPSA) is 61.8 Å². The predicted octanol–water partition coefficient (Wildman–Crippen LogP) is 2.05. The van der Waals surface area contributed by atoms with Gasteiger partial charge in [-0.15, -0.1) is 13.2 Å². The van der Waals surface area contributed by atoms with Gasteiger partial charge in [0, 0.05) is 31.7 Å². The highest BCUT2D eigenvalue weighted by Crippen LogP contribution is 2.38. The number of hydrogen-bond acceptors (Lipinski definition) is 4. The number of aliphatic hydroxyl groups is 1. The van der Waals surface area contributed by atoms with Gasteiger partial charge in [0.25, 0.3) is 0 Å². The second-order valence-electron chi connectivity index (χ2n) is 6.69. The molecule has 1 spiro atoms. The summed E-state index contributed by atoms with van der Waals surface area (Å²) < 4.78 is 41.8. The maximum atomic E-state index is 12.6. The summed E-state index contributed by atoms with van der Waals surface area (Å²) in [5.41, 5.74) is -0.473. The number of rotatable bonds is 3. The van der Waals surface area contributed by atoms with Crippen LogP contribution in [0.2, 0.25) is 0 Å². The predicted molar refractivity (Wildman–Crippen MR) is 83.7 cm³/mol. The Hall–Kier alpha value is -1.80. The number of piperidine rings is 2. The normalized spacial score (nSPS) is 28.0. The van der Waals surface area contributed by atoms with Crippen LogP contribution in [0.3, 0.4) is 0 Å². The Morgan fingerprint density at radius 2 is 2.12 bits per heavy atom. The van der Waals surface area contributed by atoms with Crippen LogP contribution < -0.4 is 10.1 Å². The lowest BCUT2D eigenvalue weighted by atomic mass is 9.71. The standard InChI is InChI=1S/C17H21F3N2O3/c18-17(19,20)25-13-5-2-1-4-12(13)10-22-9-6-14(23)16(11-22)7-3-8-21-15(16)24/h1-2,4-5,14,23H,3,6-11H2,(H,21,24)/t14-,16-/m1/s1. The van der Waals surface area contributed by atoms with Gasteiger partial charge in [-0.2, -0.15) is 0 Å². The first kappa shape index (κ1) is 18.0. The van der Waals surface area contributed by atoms with Gasteiger partial charge in [0.15, 0.2) is 0 Å². The molecule has 25 heavy (non-hydrogen) atoms. The van der Waals surface area contributed by atoms with Crippen LogP contribution in [0.5, 0.6) is 5.75 Å². The molecular formula is C17H21F3N2O3. The molecule has 0 aliphatic carbocycles. The number of carbonyl (C=O) groups excluding carboxylic acids is 1. The summed E-state index contributed by atoms with van der Waals surface area (Å²) in [7, 11) is 0. The minimum absolute atomic E-state index is 0.171. The number of alkyl halides is 3. The first-order valence-electron chi connectivity index (χ1n) is 8.32. The number of halogens is 3. The lowest BCUT2D eigenvalue weighted by molar-refractivity contribution is -0.275. The maximum Gasteiger partial charge on any atom is 0.573 e. The SMILES string of the molecule is O=C1NCCC[C@]12CN(Cc1ccccc1OC(F)(F)F)CC[C@H]2O. The van der Waals surface area contributed by atoms with E-state index in [1.165, 1.54) is 12.1 Å². The van der Waals surface area contributed by atoms with Crippen LogP contribution in [0.1, 0.15) is 24.8 Å². The molecule has 0 radical (unpaired) electrons. The number of likely N-dealkylation sites (tertiary alicyclic amines) is 1. The highest BCUT2D eigenvalue weighted by atomic mass is 19.4. The van der Waals surface area contributed by atoms with E-state index in [-0.39, 0.29) is 18.2 Å².